The second-order valence-electron chi connectivity index (χ2n) is 2.94. The van der Waals surface area contributed by atoms with Gasteiger partial charge in [-0.1, -0.05) is 45.7 Å². The van der Waals surface area contributed by atoms with Gasteiger partial charge in [0.2, 0.25) is 0 Å². The maximum atomic E-state index is 5.77. The third kappa shape index (κ3) is 2.17. The van der Waals surface area contributed by atoms with E-state index >= 15 is 0 Å². The highest BCUT2D eigenvalue weighted by Gasteiger charge is 1.97. The molecule has 0 unspecified atom stereocenters. The molecule has 2 rings (SSSR count). The number of hydrogen-bond donors (Lipinski definition) is 0. The summed E-state index contributed by atoms with van der Waals surface area (Å²) in [4.78, 5) is 0. The topological polar surface area (TPSA) is 0 Å². The normalized spacial score (nSPS) is 10.1. The molecule has 14 heavy (non-hydrogen) atoms. The van der Waals surface area contributed by atoms with Crippen LogP contribution >= 0.6 is 27.5 Å². The van der Waals surface area contributed by atoms with E-state index in [0.717, 1.165) is 15.6 Å². The van der Waals surface area contributed by atoms with Gasteiger partial charge in [-0.3, -0.25) is 0 Å². The maximum Gasteiger partial charge on any atom is 0.0485 e. The molecule has 2 aromatic rings. The summed E-state index contributed by atoms with van der Waals surface area (Å²) in [6.07, 6.45) is 0. The fraction of sp³-hybridized carbons (Fsp3) is 0. The third-order valence-electron chi connectivity index (χ3n) is 1.93. The summed E-state index contributed by atoms with van der Waals surface area (Å²) in [6, 6.07) is 16.8. The predicted octanol–water partition coefficient (Wildman–Crippen LogP) is 4.57. The van der Waals surface area contributed by atoms with Crippen molar-refractivity contribution in [2.24, 2.45) is 0 Å². The molecule has 0 atom stereocenters. The van der Waals surface area contributed by atoms with Crippen LogP contribution in [0, 0.1) is 6.07 Å². The van der Waals surface area contributed by atoms with Crippen LogP contribution in [0.5, 0.6) is 0 Å². The zero-order valence-corrected chi connectivity index (χ0v) is 9.64. The van der Waals surface area contributed by atoms with Gasteiger partial charge in [0, 0.05) is 15.6 Å². The Morgan fingerprint density at radius 3 is 2.57 bits per heavy atom. The van der Waals surface area contributed by atoms with Crippen LogP contribution in [-0.4, -0.2) is 0 Å². The second-order valence-corrected chi connectivity index (χ2v) is 4.26. The minimum absolute atomic E-state index is 0.642. The van der Waals surface area contributed by atoms with E-state index in [1.807, 2.05) is 30.3 Å². The Labute approximate surface area is 96.7 Å². The molecule has 0 bridgehead atoms. The highest BCUT2D eigenvalue weighted by molar-refractivity contribution is 9.10. The van der Waals surface area contributed by atoms with Crippen LogP contribution in [-0.2, 0) is 0 Å². The van der Waals surface area contributed by atoms with E-state index in [1.54, 1.807) is 0 Å². The van der Waals surface area contributed by atoms with Crippen molar-refractivity contribution in [2.45, 2.75) is 0 Å². The van der Waals surface area contributed by atoms with Gasteiger partial charge in [-0.2, -0.15) is 0 Å². The molecule has 0 aliphatic heterocycles. The molecule has 1 radical (unpaired) electrons. The molecule has 0 aromatic heterocycles. The number of rotatable bonds is 1. The van der Waals surface area contributed by atoms with E-state index in [2.05, 4.69) is 34.1 Å². The second kappa shape index (κ2) is 4.16. The Kier molecular flexibility index (Phi) is 2.90. The fourth-order valence-electron chi connectivity index (χ4n) is 1.25. The molecular formula is C12H7BrCl. The molecule has 0 fully saturated rings. The van der Waals surface area contributed by atoms with Crippen LogP contribution < -0.4 is 0 Å². The Morgan fingerprint density at radius 1 is 1.07 bits per heavy atom. The largest absolute Gasteiger partial charge is 0.0837 e. The van der Waals surface area contributed by atoms with Crippen molar-refractivity contribution in [1.82, 2.24) is 0 Å². The molecule has 0 saturated carbocycles. The van der Waals surface area contributed by atoms with E-state index in [9.17, 15) is 0 Å². The molecule has 0 heterocycles. The minimum Gasteiger partial charge on any atom is -0.0837 e. The summed E-state index contributed by atoms with van der Waals surface area (Å²) in [5.41, 5.74) is 2.28. The van der Waals surface area contributed by atoms with Crippen molar-refractivity contribution in [2.75, 3.05) is 0 Å². The van der Waals surface area contributed by atoms with Crippen LogP contribution in [0.1, 0.15) is 0 Å². The van der Waals surface area contributed by atoms with Gasteiger partial charge in [0.15, 0.2) is 0 Å². The van der Waals surface area contributed by atoms with Crippen LogP contribution in [0.4, 0.5) is 0 Å². The summed E-state index contributed by atoms with van der Waals surface area (Å²) in [5.74, 6) is 0. The fourth-order valence-corrected chi connectivity index (χ4v) is 1.77. The van der Waals surface area contributed by atoms with E-state index in [4.69, 9.17) is 11.6 Å². The van der Waals surface area contributed by atoms with Crippen molar-refractivity contribution in [3.05, 3.63) is 58.0 Å². The maximum absolute atomic E-state index is 5.77. The van der Waals surface area contributed by atoms with Gasteiger partial charge in [-0.15, -0.1) is 0 Å². The highest BCUT2D eigenvalue weighted by atomic mass is 79.9. The summed E-state index contributed by atoms with van der Waals surface area (Å²) in [7, 11) is 0. The monoisotopic (exact) mass is 265 g/mol. The first-order chi connectivity index (χ1) is 6.75. The summed E-state index contributed by atoms with van der Waals surface area (Å²) in [5, 5.41) is 0.642. The SMILES string of the molecule is Clc1[c]cc(-c2cccc(Br)c2)cc1. The van der Waals surface area contributed by atoms with Crippen molar-refractivity contribution in [3.63, 3.8) is 0 Å². The number of halogens is 2. The van der Waals surface area contributed by atoms with Crippen LogP contribution in [0.25, 0.3) is 11.1 Å². The molecule has 2 heteroatoms. The van der Waals surface area contributed by atoms with E-state index in [0.29, 0.717) is 5.02 Å². The average Bonchev–Trinajstić information content (AvgIpc) is 2.19. The van der Waals surface area contributed by atoms with Crippen LogP contribution in [0.3, 0.4) is 0 Å². The lowest BCUT2D eigenvalue weighted by Crippen LogP contribution is -1.76. The van der Waals surface area contributed by atoms with Gasteiger partial charge in [0.1, 0.15) is 0 Å². The zero-order chi connectivity index (χ0) is 9.97. The van der Waals surface area contributed by atoms with Crippen molar-refractivity contribution >= 4 is 27.5 Å². The van der Waals surface area contributed by atoms with Gasteiger partial charge in [-0.05, 0) is 35.4 Å². The zero-order valence-electron chi connectivity index (χ0n) is 7.30. The van der Waals surface area contributed by atoms with Crippen molar-refractivity contribution in [3.8, 4) is 11.1 Å². The Bertz CT molecular complexity index is 434. The van der Waals surface area contributed by atoms with Crippen molar-refractivity contribution < 1.29 is 0 Å². The van der Waals surface area contributed by atoms with E-state index in [-0.39, 0.29) is 0 Å². The molecule has 69 valence electrons. The summed E-state index contributed by atoms with van der Waals surface area (Å²) in [6.45, 7) is 0. The van der Waals surface area contributed by atoms with Gasteiger partial charge in [-0.25, -0.2) is 0 Å². The quantitative estimate of drug-likeness (QED) is 0.709. The first-order valence-electron chi connectivity index (χ1n) is 4.19. The molecule has 2 aromatic carbocycles. The Morgan fingerprint density at radius 2 is 1.93 bits per heavy atom. The molecule has 0 saturated heterocycles. The van der Waals surface area contributed by atoms with Crippen LogP contribution in [0.2, 0.25) is 5.02 Å². The first-order valence-corrected chi connectivity index (χ1v) is 5.36. The standard InChI is InChI=1S/C12H7BrCl/c13-11-3-1-2-10(8-11)9-4-6-12(14)7-5-9/h1-6,8H. The van der Waals surface area contributed by atoms with Gasteiger partial charge < -0.3 is 0 Å². The smallest absolute Gasteiger partial charge is 0.0485 e. The molecule has 0 nitrogen and oxygen atoms in total. The lowest BCUT2D eigenvalue weighted by molar-refractivity contribution is 1.59. The molecule has 0 spiro atoms. The van der Waals surface area contributed by atoms with Crippen molar-refractivity contribution in [1.29, 1.82) is 0 Å². The number of benzene rings is 2. The summed E-state index contributed by atoms with van der Waals surface area (Å²) >= 11 is 9.20. The van der Waals surface area contributed by atoms with Gasteiger partial charge in [0.05, 0.1) is 0 Å². The highest BCUT2D eigenvalue weighted by Crippen LogP contribution is 2.23. The molecule has 0 amide bonds. The van der Waals surface area contributed by atoms with Gasteiger partial charge >= 0.3 is 0 Å². The lowest BCUT2D eigenvalue weighted by atomic mass is 10.1. The molecule has 0 aliphatic rings. The minimum atomic E-state index is 0.642. The molecular weight excluding hydrogens is 259 g/mol. The van der Waals surface area contributed by atoms with Crippen LogP contribution in [0.15, 0.2) is 46.9 Å². The van der Waals surface area contributed by atoms with Gasteiger partial charge in [0.25, 0.3) is 0 Å². The predicted molar refractivity (Wildman–Crippen MR) is 63.4 cm³/mol. The molecule has 0 N–H and O–H groups in total. The molecule has 0 aliphatic carbocycles. The number of hydrogen-bond acceptors (Lipinski definition) is 0. The van der Waals surface area contributed by atoms with E-state index in [1.165, 1.54) is 0 Å². The average molecular weight is 267 g/mol. The third-order valence-corrected chi connectivity index (χ3v) is 2.66. The Hall–Kier alpha value is -0.790. The first kappa shape index (κ1) is 9.75. The lowest BCUT2D eigenvalue weighted by Gasteiger charge is -2.01. The summed E-state index contributed by atoms with van der Waals surface area (Å²) < 4.78 is 1.07. The van der Waals surface area contributed by atoms with E-state index < -0.39 is 0 Å². The Balaban J connectivity index is 2.44.